The number of nitrogens with one attached hydrogen (secondary N) is 2. The van der Waals surface area contributed by atoms with E-state index in [-0.39, 0.29) is 4.90 Å². The lowest BCUT2D eigenvalue weighted by atomic mass is 10.3. The molecular weight excluding hydrogens is 379 g/mol. The molecule has 2 rings (SSSR count). The molecule has 0 saturated carbocycles. The summed E-state index contributed by atoms with van der Waals surface area (Å²) >= 11 is 2.15. The number of benzene rings is 1. The number of pyridine rings is 1. The molecule has 2 aromatic rings. The zero-order valence-electron chi connectivity index (χ0n) is 9.67. The van der Waals surface area contributed by atoms with Gasteiger partial charge in [-0.05, 0) is 59.0 Å². The minimum atomic E-state index is -3.63. The SMILES string of the molecule is NNc1ccc(S(=O)(=O)Nc2ccc(I)cc2)cn1. The predicted octanol–water partition coefficient (Wildman–Crippen LogP) is 1.77. The van der Waals surface area contributed by atoms with Crippen LogP contribution in [0.15, 0.2) is 47.5 Å². The number of anilines is 2. The number of aromatic nitrogens is 1. The van der Waals surface area contributed by atoms with Crippen LogP contribution in [0.5, 0.6) is 0 Å². The van der Waals surface area contributed by atoms with E-state index in [4.69, 9.17) is 5.84 Å². The Hall–Kier alpha value is -1.39. The topological polar surface area (TPSA) is 97.1 Å². The highest BCUT2D eigenvalue weighted by Crippen LogP contribution is 2.17. The highest BCUT2D eigenvalue weighted by atomic mass is 127. The van der Waals surface area contributed by atoms with Crippen molar-refractivity contribution >= 4 is 44.1 Å². The molecule has 0 spiro atoms. The van der Waals surface area contributed by atoms with E-state index in [2.05, 4.69) is 37.7 Å². The van der Waals surface area contributed by atoms with Crippen LogP contribution in [-0.4, -0.2) is 13.4 Å². The van der Waals surface area contributed by atoms with Gasteiger partial charge >= 0.3 is 0 Å². The smallest absolute Gasteiger partial charge is 0.263 e. The number of hydrogen-bond donors (Lipinski definition) is 3. The molecule has 0 fully saturated rings. The number of halogens is 1. The summed E-state index contributed by atoms with van der Waals surface area (Å²) in [6.07, 6.45) is 1.24. The van der Waals surface area contributed by atoms with E-state index in [0.29, 0.717) is 11.5 Å². The molecule has 1 aromatic carbocycles. The van der Waals surface area contributed by atoms with E-state index in [9.17, 15) is 8.42 Å². The third-order valence-electron chi connectivity index (χ3n) is 2.29. The second-order valence-corrected chi connectivity index (χ2v) is 6.56. The summed E-state index contributed by atoms with van der Waals surface area (Å²) in [7, 11) is -3.63. The molecule has 4 N–H and O–H groups in total. The van der Waals surface area contributed by atoms with Gasteiger partial charge in [0.25, 0.3) is 10.0 Å². The largest absolute Gasteiger partial charge is 0.308 e. The molecule has 0 radical (unpaired) electrons. The van der Waals surface area contributed by atoms with Gasteiger partial charge in [0.2, 0.25) is 0 Å². The van der Waals surface area contributed by atoms with Gasteiger partial charge in [0.15, 0.2) is 0 Å². The van der Waals surface area contributed by atoms with Crippen molar-refractivity contribution in [1.29, 1.82) is 0 Å². The van der Waals surface area contributed by atoms with Crippen molar-refractivity contribution in [2.24, 2.45) is 5.84 Å². The zero-order valence-corrected chi connectivity index (χ0v) is 12.6. The van der Waals surface area contributed by atoms with Gasteiger partial charge in [-0.2, -0.15) is 0 Å². The zero-order chi connectivity index (χ0) is 13.9. The van der Waals surface area contributed by atoms with Crippen molar-refractivity contribution in [3.05, 3.63) is 46.2 Å². The van der Waals surface area contributed by atoms with Crippen LogP contribution in [0.3, 0.4) is 0 Å². The van der Waals surface area contributed by atoms with Gasteiger partial charge in [-0.3, -0.25) is 4.72 Å². The quantitative estimate of drug-likeness (QED) is 0.420. The number of nitrogens with two attached hydrogens (primary N) is 1. The summed E-state index contributed by atoms with van der Waals surface area (Å²) in [6, 6.07) is 9.95. The van der Waals surface area contributed by atoms with Crippen molar-refractivity contribution in [2.75, 3.05) is 10.1 Å². The molecule has 0 aliphatic heterocycles. The Morgan fingerprint density at radius 3 is 2.32 bits per heavy atom. The van der Waals surface area contributed by atoms with Crippen LogP contribution in [0.25, 0.3) is 0 Å². The fraction of sp³-hybridized carbons (Fsp3) is 0. The minimum Gasteiger partial charge on any atom is -0.308 e. The number of nitrogens with zero attached hydrogens (tertiary/aromatic N) is 1. The highest BCUT2D eigenvalue weighted by molar-refractivity contribution is 14.1. The molecule has 0 saturated heterocycles. The number of hydrazine groups is 1. The average Bonchev–Trinajstić information content (AvgIpc) is 2.41. The van der Waals surface area contributed by atoms with Crippen molar-refractivity contribution in [3.8, 4) is 0 Å². The van der Waals surface area contributed by atoms with E-state index in [1.807, 2.05) is 12.1 Å². The van der Waals surface area contributed by atoms with Crippen molar-refractivity contribution < 1.29 is 8.42 Å². The number of rotatable bonds is 4. The van der Waals surface area contributed by atoms with Crippen molar-refractivity contribution in [3.63, 3.8) is 0 Å². The molecule has 1 aromatic heterocycles. The Morgan fingerprint density at radius 2 is 1.79 bits per heavy atom. The summed E-state index contributed by atoms with van der Waals surface area (Å²) < 4.78 is 27.7. The first-order valence-electron chi connectivity index (χ1n) is 5.22. The molecule has 8 heteroatoms. The van der Waals surface area contributed by atoms with Gasteiger partial charge in [0.1, 0.15) is 10.7 Å². The maximum Gasteiger partial charge on any atom is 0.263 e. The Bertz CT molecular complexity index is 656. The second-order valence-electron chi connectivity index (χ2n) is 3.64. The van der Waals surface area contributed by atoms with Crippen molar-refractivity contribution in [2.45, 2.75) is 4.90 Å². The Morgan fingerprint density at radius 1 is 1.11 bits per heavy atom. The van der Waals surface area contributed by atoms with Crippen LogP contribution in [0.2, 0.25) is 0 Å². The molecule has 0 unspecified atom stereocenters. The predicted molar refractivity (Wildman–Crippen MR) is 82.0 cm³/mol. The third kappa shape index (κ3) is 3.55. The lowest BCUT2D eigenvalue weighted by molar-refractivity contribution is 0.601. The molecular formula is C11H11IN4O2S. The summed E-state index contributed by atoms with van der Waals surface area (Å²) in [5.74, 6) is 5.56. The van der Waals surface area contributed by atoms with Crippen LogP contribution in [-0.2, 0) is 10.0 Å². The number of nitrogen functional groups attached to an aromatic ring is 1. The van der Waals surface area contributed by atoms with Gasteiger partial charge < -0.3 is 5.43 Å². The molecule has 1 heterocycles. The van der Waals surface area contributed by atoms with Crippen LogP contribution >= 0.6 is 22.6 Å². The van der Waals surface area contributed by atoms with Gasteiger partial charge in [0.05, 0.1) is 0 Å². The van der Waals surface area contributed by atoms with E-state index in [0.717, 1.165) is 3.57 Å². The fourth-order valence-electron chi connectivity index (χ4n) is 1.36. The maximum atomic E-state index is 12.1. The van der Waals surface area contributed by atoms with Gasteiger partial charge in [-0.15, -0.1) is 0 Å². The van der Waals surface area contributed by atoms with Crippen molar-refractivity contribution in [1.82, 2.24) is 4.98 Å². The second kappa shape index (κ2) is 5.72. The number of hydrogen-bond acceptors (Lipinski definition) is 5. The van der Waals surface area contributed by atoms with Gasteiger partial charge in [-0.25, -0.2) is 19.2 Å². The summed E-state index contributed by atoms with van der Waals surface area (Å²) in [4.78, 5) is 3.94. The van der Waals surface area contributed by atoms with Crippen LogP contribution in [0.4, 0.5) is 11.5 Å². The molecule has 0 atom stereocenters. The normalized spacial score (nSPS) is 11.1. The monoisotopic (exact) mass is 390 g/mol. The summed E-state index contributed by atoms with van der Waals surface area (Å²) in [5.41, 5.74) is 2.84. The number of sulfonamides is 1. The standard InChI is InChI=1S/C11H11IN4O2S/c12-8-1-3-9(4-2-8)16-19(17,18)10-5-6-11(15-13)14-7-10/h1-7,16H,13H2,(H,14,15). The first-order chi connectivity index (χ1) is 9.01. The average molecular weight is 390 g/mol. The molecule has 0 bridgehead atoms. The lowest BCUT2D eigenvalue weighted by Crippen LogP contribution is -2.14. The molecule has 6 nitrogen and oxygen atoms in total. The van der Waals surface area contributed by atoms with E-state index >= 15 is 0 Å². The van der Waals surface area contributed by atoms with E-state index in [1.54, 1.807) is 12.1 Å². The molecule has 0 amide bonds. The molecule has 19 heavy (non-hydrogen) atoms. The highest BCUT2D eigenvalue weighted by Gasteiger charge is 2.14. The maximum absolute atomic E-state index is 12.1. The summed E-state index contributed by atoms with van der Waals surface area (Å²) in [5, 5.41) is 0. The minimum absolute atomic E-state index is 0.0741. The Labute approximate surface area is 124 Å². The lowest BCUT2D eigenvalue weighted by Gasteiger charge is -2.08. The first kappa shape index (κ1) is 14.0. The van der Waals surface area contributed by atoms with Crippen LogP contribution < -0.4 is 16.0 Å². The van der Waals surface area contributed by atoms with E-state index < -0.39 is 10.0 Å². The fourth-order valence-corrected chi connectivity index (χ4v) is 2.72. The molecule has 0 aliphatic rings. The van der Waals surface area contributed by atoms with Gasteiger partial charge in [0, 0.05) is 15.5 Å². The molecule has 100 valence electrons. The Kier molecular flexibility index (Phi) is 4.22. The summed E-state index contributed by atoms with van der Waals surface area (Å²) in [6.45, 7) is 0. The third-order valence-corrected chi connectivity index (χ3v) is 4.38. The Balaban J connectivity index is 2.24. The first-order valence-corrected chi connectivity index (χ1v) is 7.78. The molecule has 0 aliphatic carbocycles. The van der Waals surface area contributed by atoms with Gasteiger partial charge in [-0.1, -0.05) is 0 Å². The van der Waals surface area contributed by atoms with Crippen LogP contribution in [0, 0.1) is 3.57 Å². The van der Waals surface area contributed by atoms with E-state index in [1.165, 1.54) is 18.3 Å². The van der Waals surface area contributed by atoms with Crippen LogP contribution in [0.1, 0.15) is 0 Å².